The van der Waals surface area contributed by atoms with Crippen molar-refractivity contribution in [2.24, 2.45) is 5.73 Å². The monoisotopic (exact) mass is 299 g/mol. The van der Waals surface area contributed by atoms with Crippen molar-refractivity contribution in [3.8, 4) is 10.7 Å². The second kappa shape index (κ2) is 6.41. The highest BCUT2D eigenvalue weighted by Crippen LogP contribution is 2.34. The molecule has 0 saturated heterocycles. The Balaban J connectivity index is 2.13. The van der Waals surface area contributed by atoms with Crippen LogP contribution in [0, 0.1) is 0 Å². The third-order valence-corrected chi connectivity index (χ3v) is 4.73. The van der Waals surface area contributed by atoms with Gasteiger partial charge >= 0.3 is 0 Å². The van der Waals surface area contributed by atoms with Gasteiger partial charge in [-0.15, -0.1) is 11.3 Å². The van der Waals surface area contributed by atoms with E-state index in [1.165, 1.54) is 27.7 Å². The molecule has 0 atom stereocenters. The molecule has 0 aliphatic carbocycles. The molecule has 0 radical (unpaired) electrons. The number of aryl methyl sites for hydroxylation is 2. The summed E-state index contributed by atoms with van der Waals surface area (Å²) < 4.78 is 0. The number of fused-ring (bicyclic) bond motifs is 1. The molecule has 0 bridgehead atoms. The van der Waals surface area contributed by atoms with E-state index in [1.807, 2.05) is 11.6 Å². The van der Waals surface area contributed by atoms with Gasteiger partial charge in [0.05, 0.1) is 5.69 Å². The van der Waals surface area contributed by atoms with Crippen LogP contribution in [-0.2, 0) is 12.8 Å². The van der Waals surface area contributed by atoms with Crippen LogP contribution < -0.4 is 5.73 Å². The highest BCUT2D eigenvalue weighted by molar-refractivity contribution is 7.13. The number of hydrogen-bond acceptors (Lipinski definition) is 3. The first-order valence-corrected chi connectivity index (χ1v) is 8.45. The van der Waals surface area contributed by atoms with Crippen LogP contribution >= 0.6 is 11.3 Å². The highest BCUT2D eigenvalue weighted by atomic mass is 32.1. The van der Waals surface area contributed by atoms with Crippen LogP contribution in [0.2, 0.25) is 0 Å². The van der Waals surface area contributed by atoms with Gasteiger partial charge in [0.2, 0.25) is 0 Å². The maximum atomic E-state index is 5.64. The van der Waals surface area contributed by atoms with Crippen molar-refractivity contribution in [2.45, 2.75) is 32.6 Å². The molecule has 3 nitrogen and oxygen atoms in total. The first-order valence-electron chi connectivity index (χ1n) is 7.57. The van der Waals surface area contributed by atoms with Crippen molar-refractivity contribution in [3.05, 3.63) is 40.9 Å². The number of aromatic nitrogens is 2. The number of benzene rings is 1. The summed E-state index contributed by atoms with van der Waals surface area (Å²) in [6.07, 6.45) is 6.15. The topological polar surface area (TPSA) is 54.7 Å². The van der Waals surface area contributed by atoms with Gasteiger partial charge in [-0.25, -0.2) is 4.98 Å². The Morgan fingerprint density at radius 2 is 2.19 bits per heavy atom. The van der Waals surface area contributed by atoms with Crippen molar-refractivity contribution in [2.75, 3.05) is 6.54 Å². The summed E-state index contributed by atoms with van der Waals surface area (Å²) in [5, 5.41) is 4.46. The van der Waals surface area contributed by atoms with Gasteiger partial charge in [0.15, 0.2) is 0 Å². The van der Waals surface area contributed by atoms with Crippen LogP contribution in [0.1, 0.15) is 30.9 Å². The predicted octanol–water partition coefficient (Wildman–Crippen LogP) is 4.14. The van der Waals surface area contributed by atoms with E-state index in [0.717, 1.165) is 37.2 Å². The Morgan fingerprint density at radius 3 is 2.90 bits per heavy atom. The maximum absolute atomic E-state index is 5.64. The molecule has 21 heavy (non-hydrogen) atoms. The average Bonchev–Trinajstić information content (AvgIpc) is 3.14. The summed E-state index contributed by atoms with van der Waals surface area (Å²) in [5.74, 6) is 0. The Kier molecular flexibility index (Phi) is 4.36. The third-order valence-electron chi connectivity index (χ3n) is 3.94. The average molecular weight is 299 g/mol. The van der Waals surface area contributed by atoms with Gasteiger partial charge in [-0.05, 0) is 43.4 Å². The van der Waals surface area contributed by atoms with Gasteiger partial charge in [0.1, 0.15) is 5.01 Å². The molecule has 110 valence electrons. The molecule has 0 fully saturated rings. The van der Waals surface area contributed by atoms with Crippen LogP contribution in [0.4, 0.5) is 0 Å². The molecule has 0 aliphatic rings. The summed E-state index contributed by atoms with van der Waals surface area (Å²) in [7, 11) is 0. The molecule has 0 spiro atoms. The lowest BCUT2D eigenvalue weighted by molar-refractivity contribution is 0.748. The standard InChI is InChI=1S/C17H21N3S/c1-2-12-6-5-8-13-14(7-3-4-9-18)16(20-15(12)13)17-19-10-11-21-17/h5-6,8,10-11,20H,2-4,7,9,18H2,1H3. The van der Waals surface area contributed by atoms with E-state index in [-0.39, 0.29) is 0 Å². The maximum Gasteiger partial charge on any atom is 0.139 e. The van der Waals surface area contributed by atoms with Gasteiger partial charge in [0, 0.05) is 22.5 Å². The number of H-pyrrole nitrogens is 1. The van der Waals surface area contributed by atoms with Gasteiger partial charge in [-0.1, -0.05) is 25.1 Å². The number of thiazole rings is 1. The number of para-hydroxylation sites is 1. The van der Waals surface area contributed by atoms with Crippen LogP contribution in [0.3, 0.4) is 0 Å². The molecule has 2 heterocycles. The van der Waals surface area contributed by atoms with E-state index < -0.39 is 0 Å². The lowest BCUT2D eigenvalue weighted by Gasteiger charge is -2.03. The molecule has 4 heteroatoms. The van der Waals surface area contributed by atoms with Crippen molar-refractivity contribution >= 4 is 22.2 Å². The second-order valence-electron chi connectivity index (χ2n) is 5.25. The molecule has 0 aliphatic heterocycles. The molecule has 0 saturated carbocycles. The van der Waals surface area contributed by atoms with E-state index in [0.29, 0.717) is 0 Å². The molecule has 3 N–H and O–H groups in total. The Morgan fingerprint density at radius 1 is 1.29 bits per heavy atom. The normalized spacial score (nSPS) is 11.3. The molecule has 3 rings (SSSR count). The van der Waals surface area contributed by atoms with E-state index in [4.69, 9.17) is 5.73 Å². The molecular weight excluding hydrogens is 278 g/mol. The Bertz CT molecular complexity index is 713. The minimum Gasteiger partial charge on any atom is -0.352 e. The van der Waals surface area contributed by atoms with Gasteiger partial charge in [-0.3, -0.25) is 0 Å². The van der Waals surface area contributed by atoms with Gasteiger partial charge in [0.25, 0.3) is 0 Å². The lowest BCUT2D eigenvalue weighted by Crippen LogP contribution is -1.99. The number of nitrogens with two attached hydrogens (primary N) is 1. The second-order valence-corrected chi connectivity index (χ2v) is 6.15. The van der Waals surface area contributed by atoms with Crippen molar-refractivity contribution in [1.82, 2.24) is 9.97 Å². The third kappa shape index (κ3) is 2.74. The van der Waals surface area contributed by atoms with E-state index in [9.17, 15) is 0 Å². The fourth-order valence-electron chi connectivity index (χ4n) is 2.86. The minimum absolute atomic E-state index is 0.759. The highest BCUT2D eigenvalue weighted by Gasteiger charge is 2.16. The van der Waals surface area contributed by atoms with Crippen LogP contribution in [0.5, 0.6) is 0 Å². The first-order chi connectivity index (χ1) is 10.3. The van der Waals surface area contributed by atoms with Crippen molar-refractivity contribution in [1.29, 1.82) is 0 Å². The summed E-state index contributed by atoms with van der Waals surface area (Å²) in [4.78, 5) is 8.12. The number of aromatic amines is 1. The smallest absolute Gasteiger partial charge is 0.139 e. The number of unbranched alkanes of at least 4 members (excludes halogenated alkanes) is 1. The summed E-state index contributed by atoms with van der Waals surface area (Å²) in [6.45, 7) is 2.96. The predicted molar refractivity (Wildman–Crippen MR) is 90.8 cm³/mol. The number of hydrogen-bond donors (Lipinski definition) is 2. The zero-order valence-corrected chi connectivity index (χ0v) is 13.2. The van der Waals surface area contributed by atoms with Gasteiger partial charge < -0.3 is 10.7 Å². The van der Waals surface area contributed by atoms with Crippen molar-refractivity contribution in [3.63, 3.8) is 0 Å². The molecule has 2 aromatic heterocycles. The fourth-order valence-corrected chi connectivity index (χ4v) is 3.53. The Hall–Kier alpha value is -1.65. The number of rotatable bonds is 6. The van der Waals surface area contributed by atoms with E-state index in [2.05, 4.69) is 35.1 Å². The Labute approximate surface area is 129 Å². The first kappa shape index (κ1) is 14.3. The molecule has 1 aromatic carbocycles. The van der Waals surface area contributed by atoms with Crippen LogP contribution in [0.15, 0.2) is 29.8 Å². The zero-order valence-electron chi connectivity index (χ0n) is 12.4. The number of nitrogens with zero attached hydrogens (tertiary/aromatic N) is 1. The lowest BCUT2D eigenvalue weighted by atomic mass is 10.0. The molecule has 0 unspecified atom stereocenters. The SMILES string of the molecule is CCc1cccc2c(CCCCN)c(-c3nccs3)[nH]c12. The van der Waals surface area contributed by atoms with E-state index >= 15 is 0 Å². The number of nitrogens with one attached hydrogen (secondary N) is 1. The minimum atomic E-state index is 0.759. The summed E-state index contributed by atoms with van der Waals surface area (Å²) >= 11 is 1.69. The van der Waals surface area contributed by atoms with Crippen LogP contribution in [-0.4, -0.2) is 16.5 Å². The van der Waals surface area contributed by atoms with Crippen molar-refractivity contribution < 1.29 is 0 Å². The van der Waals surface area contributed by atoms with E-state index in [1.54, 1.807) is 11.3 Å². The molecule has 0 amide bonds. The largest absolute Gasteiger partial charge is 0.352 e. The van der Waals surface area contributed by atoms with Gasteiger partial charge in [-0.2, -0.15) is 0 Å². The quantitative estimate of drug-likeness (QED) is 0.672. The summed E-state index contributed by atoms with van der Waals surface area (Å²) in [6, 6.07) is 6.58. The molecular formula is C17H21N3S. The van der Waals surface area contributed by atoms with Crippen LogP contribution in [0.25, 0.3) is 21.6 Å². The summed E-state index contributed by atoms with van der Waals surface area (Å²) in [5.41, 5.74) is 10.9. The molecule has 3 aromatic rings. The zero-order chi connectivity index (χ0) is 14.7. The fraction of sp³-hybridized carbons (Fsp3) is 0.353.